The first-order valence-electron chi connectivity index (χ1n) is 7.04. The van der Waals surface area contributed by atoms with Crippen molar-refractivity contribution in [3.05, 3.63) is 40.9 Å². The van der Waals surface area contributed by atoms with Crippen LogP contribution in [0.3, 0.4) is 0 Å². The van der Waals surface area contributed by atoms with Gasteiger partial charge in [-0.3, -0.25) is 9.59 Å². The number of aldehydes is 1. The second-order valence-corrected chi connectivity index (χ2v) is 5.41. The molecule has 1 aromatic carbocycles. The highest BCUT2D eigenvalue weighted by Crippen LogP contribution is 2.12. The number of carbonyl (C=O) groups excluding carboxylic acids is 3. The smallest absolute Gasteiger partial charge is 0.246 e. The zero-order valence-electron chi connectivity index (χ0n) is 12.1. The van der Waals surface area contributed by atoms with Crippen LogP contribution in [-0.2, 0) is 14.4 Å². The van der Waals surface area contributed by atoms with Crippen LogP contribution in [-0.4, -0.2) is 54.1 Å². The lowest BCUT2D eigenvalue weighted by molar-refractivity contribution is -0.132. The van der Waals surface area contributed by atoms with Crippen LogP contribution in [0.4, 0.5) is 0 Å². The molecule has 0 aliphatic carbocycles. The summed E-state index contributed by atoms with van der Waals surface area (Å²) in [7, 11) is 0. The molecule has 1 aliphatic rings. The minimum absolute atomic E-state index is 0.0826. The molecule has 5 nitrogen and oxygen atoms in total. The zero-order chi connectivity index (χ0) is 15.9. The van der Waals surface area contributed by atoms with Gasteiger partial charge in [0.05, 0.1) is 6.54 Å². The molecular formula is C16H17ClN2O3. The van der Waals surface area contributed by atoms with Crippen LogP contribution in [0.15, 0.2) is 30.3 Å². The van der Waals surface area contributed by atoms with Crippen molar-refractivity contribution in [2.75, 3.05) is 26.2 Å². The highest BCUT2D eigenvalue weighted by atomic mass is 35.5. The van der Waals surface area contributed by atoms with Gasteiger partial charge in [-0.05, 0) is 23.8 Å². The third-order valence-electron chi connectivity index (χ3n) is 3.46. The molecule has 0 bridgehead atoms. The van der Waals surface area contributed by atoms with E-state index in [0.717, 1.165) is 5.56 Å². The SMILES string of the molecule is O=CCN1CCN(C(=O)/C=C/c2cccc(Cl)c2)CCC1=O. The number of rotatable bonds is 4. The molecule has 116 valence electrons. The van der Waals surface area contributed by atoms with Gasteiger partial charge >= 0.3 is 0 Å². The topological polar surface area (TPSA) is 57.7 Å². The third kappa shape index (κ3) is 4.43. The quantitative estimate of drug-likeness (QED) is 0.625. The predicted molar refractivity (Wildman–Crippen MR) is 84.3 cm³/mol. The lowest BCUT2D eigenvalue weighted by atomic mass is 10.2. The standard InChI is InChI=1S/C16H17ClN2O3/c17-14-3-1-2-13(12-14)4-5-15(21)18-7-6-16(22)19(9-8-18)10-11-20/h1-5,11-12H,6-10H2/b5-4+. The molecule has 2 rings (SSSR count). The number of benzene rings is 1. The summed E-state index contributed by atoms with van der Waals surface area (Å²) in [5, 5.41) is 0.611. The molecule has 0 atom stereocenters. The Bertz CT molecular complexity index is 601. The van der Waals surface area contributed by atoms with Crippen molar-refractivity contribution in [2.45, 2.75) is 6.42 Å². The highest BCUT2D eigenvalue weighted by molar-refractivity contribution is 6.30. The Balaban J connectivity index is 1.98. The van der Waals surface area contributed by atoms with Gasteiger partial charge in [0.25, 0.3) is 0 Å². The Labute approximate surface area is 134 Å². The van der Waals surface area contributed by atoms with E-state index < -0.39 is 0 Å². The van der Waals surface area contributed by atoms with Crippen LogP contribution in [0.5, 0.6) is 0 Å². The number of nitrogens with zero attached hydrogens (tertiary/aromatic N) is 2. The Morgan fingerprint density at radius 1 is 1.27 bits per heavy atom. The number of amides is 2. The molecule has 6 heteroatoms. The minimum atomic E-state index is -0.152. The lowest BCUT2D eigenvalue weighted by Crippen LogP contribution is -2.36. The molecule has 0 radical (unpaired) electrons. The van der Waals surface area contributed by atoms with Crippen LogP contribution >= 0.6 is 11.6 Å². The second-order valence-electron chi connectivity index (χ2n) is 4.97. The van der Waals surface area contributed by atoms with Crippen LogP contribution in [0, 0.1) is 0 Å². The van der Waals surface area contributed by atoms with E-state index >= 15 is 0 Å². The molecular weight excluding hydrogens is 304 g/mol. The van der Waals surface area contributed by atoms with Crippen LogP contribution in [0.1, 0.15) is 12.0 Å². The molecule has 2 amide bonds. The van der Waals surface area contributed by atoms with E-state index in [1.807, 2.05) is 12.1 Å². The molecule has 1 saturated heterocycles. The normalized spacial score (nSPS) is 16.0. The summed E-state index contributed by atoms with van der Waals surface area (Å²) in [4.78, 5) is 37.6. The van der Waals surface area contributed by atoms with Gasteiger partial charge in [0.2, 0.25) is 11.8 Å². The maximum absolute atomic E-state index is 12.2. The summed E-state index contributed by atoms with van der Waals surface area (Å²) in [6.07, 6.45) is 4.12. The maximum atomic E-state index is 12.2. The van der Waals surface area contributed by atoms with Gasteiger partial charge in [-0.2, -0.15) is 0 Å². The van der Waals surface area contributed by atoms with Crippen molar-refractivity contribution in [3.8, 4) is 0 Å². The van der Waals surface area contributed by atoms with Crippen LogP contribution in [0.25, 0.3) is 6.08 Å². The Morgan fingerprint density at radius 2 is 2.09 bits per heavy atom. The molecule has 1 heterocycles. The molecule has 0 saturated carbocycles. The van der Waals surface area contributed by atoms with Crippen molar-refractivity contribution in [1.29, 1.82) is 0 Å². The first kappa shape index (κ1) is 16.2. The summed E-state index contributed by atoms with van der Waals surface area (Å²) >= 11 is 5.89. The molecule has 0 spiro atoms. The summed E-state index contributed by atoms with van der Waals surface area (Å²) < 4.78 is 0. The molecule has 1 aromatic rings. The average Bonchev–Trinajstić information content (AvgIpc) is 2.68. The summed E-state index contributed by atoms with van der Waals surface area (Å²) in [5.41, 5.74) is 0.842. The fourth-order valence-electron chi connectivity index (χ4n) is 2.25. The molecule has 0 N–H and O–H groups in total. The minimum Gasteiger partial charge on any atom is -0.337 e. The summed E-state index contributed by atoms with van der Waals surface area (Å²) in [5.74, 6) is -0.248. The van der Waals surface area contributed by atoms with Crippen molar-refractivity contribution < 1.29 is 14.4 Å². The summed E-state index contributed by atoms with van der Waals surface area (Å²) in [6.45, 7) is 1.26. The first-order valence-corrected chi connectivity index (χ1v) is 7.42. The fraction of sp³-hybridized carbons (Fsp3) is 0.312. The summed E-state index contributed by atoms with van der Waals surface area (Å²) in [6, 6.07) is 7.20. The predicted octanol–water partition coefficient (Wildman–Crippen LogP) is 1.61. The molecule has 1 fully saturated rings. The van der Waals surface area contributed by atoms with Gasteiger partial charge in [-0.1, -0.05) is 23.7 Å². The number of carbonyl (C=O) groups is 3. The maximum Gasteiger partial charge on any atom is 0.246 e. The molecule has 22 heavy (non-hydrogen) atoms. The molecule has 1 aliphatic heterocycles. The zero-order valence-corrected chi connectivity index (χ0v) is 12.8. The van der Waals surface area contributed by atoms with Gasteiger partial charge in [0.15, 0.2) is 0 Å². The van der Waals surface area contributed by atoms with Gasteiger partial charge in [-0.25, -0.2) is 0 Å². The number of hydrogen-bond acceptors (Lipinski definition) is 3. The third-order valence-corrected chi connectivity index (χ3v) is 3.70. The number of halogens is 1. The van der Waals surface area contributed by atoms with E-state index in [1.54, 1.807) is 23.1 Å². The number of hydrogen-bond donors (Lipinski definition) is 0. The van der Waals surface area contributed by atoms with E-state index in [0.29, 0.717) is 30.9 Å². The van der Waals surface area contributed by atoms with Gasteiger partial charge < -0.3 is 14.6 Å². The van der Waals surface area contributed by atoms with E-state index in [-0.39, 0.29) is 24.8 Å². The van der Waals surface area contributed by atoms with Crippen molar-refractivity contribution >= 4 is 35.8 Å². The van der Waals surface area contributed by atoms with Gasteiger partial charge in [0, 0.05) is 37.2 Å². The van der Waals surface area contributed by atoms with E-state index in [1.165, 1.54) is 11.0 Å². The Hall–Kier alpha value is -2.14. The lowest BCUT2D eigenvalue weighted by Gasteiger charge is -2.19. The van der Waals surface area contributed by atoms with Crippen LogP contribution in [0.2, 0.25) is 5.02 Å². The van der Waals surface area contributed by atoms with Gasteiger partial charge in [-0.15, -0.1) is 0 Å². The van der Waals surface area contributed by atoms with E-state index in [2.05, 4.69) is 0 Å². The van der Waals surface area contributed by atoms with Crippen LogP contribution < -0.4 is 0 Å². The molecule has 0 aromatic heterocycles. The fourth-order valence-corrected chi connectivity index (χ4v) is 2.45. The van der Waals surface area contributed by atoms with Crippen molar-refractivity contribution in [3.63, 3.8) is 0 Å². The van der Waals surface area contributed by atoms with Crippen molar-refractivity contribution in [2.24, 2.45) is 0 Å². The largest absolute Gasteiger partial charge is 0.337 e. The first-order chi connectivity index (χ1) is 10.6. The average molecular weight is 321 g/mol. The monoisotopic (exact) mass is 320 g/mol. The highest BCUT2D eigenvalue weighted by Gasteiger charge is 2.22. The van der Waals surface area contributed by atoms with Gasteiger partial charge in [0.1, 0.15) is 6.29 Å². The van der Waals surface area contributed by atoms with E-state index in [9.17, 15) is 14.4 Å². The van der Waals surface area contributed by atoms with Crippen molar-refractivity contribution in [1.82, 2.24) is 9.80 Å². The molecule has 0 unspecified atom stereocenters. The van der Waals surface area contributed by atoms with E-state index in [4.69, 9.17) is 11.6 Å². The Morgan fingerprint density at radius 3 is 2.82 bits per heavy atom. The second kappa shape index (κ2) is 7.75. The Kier molecular flexibility index (Phi) is 5.72.